The summed E-state index contributed by atoms with van der Waals surface area (Å²) in [6, 6.07) is 22.3. The van der Waals surface area contributed by atoms with Crippen LogP contribution in [0.3, 0.4) is 0 Å². The van der Waals surface area contributed by atoms with Gasteiger partial charge in [0.15, 0.2) is 0 Å². The highest BCUT2D eigenvalue weighted by Gasteiger charge is 2.32. The molecule has 1 aliphatic heterocycles. The number of halogens is 1. The Kier molecular flexibility index (Phi) is 4.96. The summed E-state index contributed by atoms with van der Waals surface area (Å²) >= 11 is 6.01. The van der Waals surface area contributed by atoms with E-state index in [1.807, 2.05) is 66.7 Å². The number of para-hydroxylation sites is 1. The Bertz CT molecular complexity index is 1340. The Balaban J connectivity index is 1.45. The number of hydrogen-bond donors (Lipinski definition) is 1. The summed E-state index contributed by atoms with van der Waals surface area (Å²) in [6.07, 6.45) is 0.108. The van der Waals surface area contributed by atoms with E-state index >= 15 is 0 Å². The molecular weight excluding hydrogens is 414 g/mol. The van der Waals surface area contributed by atoms with Gasteiger partial charge in [-0.05, 0) is 47.5 Å². The van der Waals surface area contributed by atoms with Crippen molar-refractivity contribution < 1.29 is 14.3 Å². The van der Waals surface area contributed by atoms with Gasteiger partial charge in [-0.2, -0.15) is 0 Å². The molecule has 4 aromatic rings. The van der Waals surface area contributed by atoms with Gasteiger partial charge < -0.3 is 14.5 Å². The molecule has 1 N–H and O–H groups in total. The van der Waals surface area contributed by atoms with E-state index in [0.717, 1.165) is 16.5 Å². The zero-order valence-corrected chi connectivity index (χ0v) is 17.2. The van der Waals surface area contributed by atoms with Crippen LogP contribution in [0.5, 0.6) is 11.5 Å². The van der Waals surface area contributed by atoms with Crippen LogP contribution < -0.4 is 15.0 Å². The molecule has 0 amide bonds. The molecule has 0 bridgehead atoms. The SMILES string of the molecule is O=C1C[C@H](c2ccc(OCc3cccc(Cl)c3)cc2)c2c(c3ccccc3[nH]c2=O)O1. The normalized spacial score (nSPS) is 15.4. The van der Waals surface area contributed by atoms with Crippen LogP contribution in [-0.4, -0.2) is 11.0 Å². The molecule has 1 aromatic heterocycles. The third-order valence-electron chi connectivity index (χ3n) is 5.42. The van der Waals surface area contributed by atoms with Crippen molar-refractivity contribution in [3.8, 4) is 11.5 Å². The number of aromatic nitrogens is 1. The van der Waals surface area contributed by atoms with E-state index in [1.165, 1.54) is 0 Å². The van der Waals surface area contributed by atoms with Gasteiger partial charge in [-0.25, -0.2) is 0 Å². The molecule has 3 aromatic carbocycles. The van der Waals surface area contributed by atoms with Crippen molar-refractivity contribution in [3.63, 3.8) is 0 Å². The number of pyridine rings is 1. The van der Waals surface area contributed by atoms with Crippen molar-refractivity contribution >= 4 is 28.5 Å². The van der Waals surface area contributed by atoms with Gasteiger partial charge >= 0.3 is 5.97 Å². The number of aromatic amines is 1. The molecule has 1 aliphatic rings. The van der Waals surface area contributed by atoms with Crippen molar-refractivity contribution in [1.29, 1.82) is 0 Å². The number of fused-ring (bicyclic) bond motifs is 3. The molecular formula is C25H18ClNO4. The van der Waals surface area contributed by atoms with E-state index in [-0.39, 0.29) is 23.9 Å². The summed E-state index contributed by atoms with van der Waals surface area (Å²) in [6.45, 7) is 0.393. The average Bonchev–Trinajstić information content (AvgIpc) is 2.77. The van der Waals surface area contributed by atoms with Gasteiger partial charge in [0, 0.05) is 16.3 Å². The van der Waals surface area contributed by atoms with Crippen molar-refractivity contribution in [2.45, 2.75) is 18.9 Å². The van der Waals surface area contributed by atoms with Crippen molar-refractivity contribution in [1.82, 2.24) is 4.98 Å². The minimum Gasteiger partial charge on any atom is -0.489 e. The lowest BCUT2D eigenvalue weighted by Crippen LogP contribution is -2.28. The number of rotatable bonds is 4. The summed E-state index contributed by atoms with van der Waals surface area (Å²) in [7, 11) is 0. The third-order valence-corrected chi connectivity index (χ3v) is 5.66. The van der Waals surface area contributed by atoms with E-state index in [9.17, 15) is 9.59 Å². The highest BCUT2D eigenvalue weighted by atomic mass is 35.5. The van der Waals surface area contributed by atoms with Gasteiger partial charge in [0.25, 0.3) is 5.56 Å². The fourth-order valence-corrected chi connectivity index (χ4v) is 4.17. The molecule has 5 rings (SSSR count). The maximum absolute atomic E-state index is 12.8. The van der Waals surface area contributed by atoms with Gasteiger partial charge in [0.05, 0.1) is 17.5 Å². The largest absolute Gasteiger partial charge is 0.489 e. The number of esters is 1. The Morgan fingerprint density at radius 2 is 1.81 bits per heavy atom. The van der Waals surface area contributed by atoms with Crippen LogP contribution in [0.25, 0.3) is 10.9 Å². The number of nitrogens with one attached hydrogen (secondary N) is 1. The van der Waals surface area contributed by atoms with Crippen molar-refractivity contribution in [2.24, 2.45) is 0 Å². The predicted molar refractivity (Wildman–Crippen MR) is 119 cm³/mol. The standard InChI is InChI=1S/C25H18ClNO4/c26-17-5-3-4-15(12-17)14-30-18-10-8-16(9-11-18)20-13-22(28)31-24-19-6-1-2-7-21(19)27-25(29)23(20)24/h1-12,20H,13-14H2,(H,27,29)/t20-/m1/s1. The first-order chi connectivity index (χ1) is 15.1. The fourth-order valence-electron chi connectivity index (χ4n) is 3.95. The second-order valence-corrected chi connectivity index (χ2v) is 7.90. The lowest BCUT2D eigenvalue weighted by Gasteiger charge is -2.25. The first-order valence-corrected chi connectivity index (χ1v) is 10.3. The Hall–Kier alpha value is -3.57. The quantitative estimate of drug-likeness (QED) is 0.451. The van der Waals surface area contributed by atoms with Gasteiger partial charge in [-0.15, -0.1) is 0 Å². The molecule has 2 heterocycles. The van der Waals surface area contributed by atoms with E-state index in [0.29, 0.717) is 34.2 Å². The summed E-state index contributed by atoms with van der Waals surface area (Å²) in [5.41, 5.74) is 2.70. The number of ether oxygens (including phenoxy) is 2. The zero-order chi connectivity index (χ0) is 21.4. The van der Waals surface area contributed by atoms with Crippen molar-refractivity contribution in [3.05, 3.63) is 105 Å². The van der Waals surface area contributed by atoms with Gasteiger partial charge in [0.2, 0.25) is 0 Å². The minimum atomic E-state index is -0.383. The van der Waals surface area contributed by atoms with E-state index in [4.69, 9.17) is 21.1 Å². The van der Waals surface area contributed by atoms with E-state index in [1.54, 1.807) is 6.07 Å². The molecule has 0 saturated carbocycles. The number of H-pyrrole nitrogens is 1. The molecule has 0 fully saturated rings. The molecule has 0 aliphatic carbocycles. The smallest absolute Gasteiger partial charge is 0.312 e. The molecule has 1 atom stereocenters. The average molecular weight is 432 g/mol. The third kappa shape index (κ3) is 3.80. The van der Waals surface area contributed by atoms with Crippen LogP contribution in [-0.2, 0) is 11.4 Å². The summed E-state index contributed by atoms with van der Waals surface area (Å²) in [5.74, 6) is 0.303. The van der Waals surface area contributed by atoms with Crippen molar-refractivity contribution in [2.75, 3.05) is 0 Å². The van der Waals surface area contributed by atoms with Crippen LogP contribution in [0.2, 0.25) is 5.02 Å². The van der Waals surface area contributed by atoms with Crippen LogP contribution in [0.4, 0.5) is 0 Å². The van der Waals surface area contributed by atoms with Gasteiger partial charge in [-0.1, -0.05) is 48.0 Å². The van der Waals surface area contributed by atoms with Crippen LogP contribution in [0, 0.1) is 0 Å². The van der Waals surface area contributed by atoms with Crippen LogP contribution in [0.1, 0.15) is 29.0 Å². The molecule has 0 radical (unpaired) electrons. The minimum absolute atomic E-state index is 0.108. The Morgan fingerprint density at radius 1 is 1.00 bits per heavy atom. The summed E-state index contributed by atoms with van der Waals surface area (Å²) in [5, 5.41) is 1.38. The summed E-state index contributed by atoms with van der Waals surface area (Å²) in [4.78, 5) is 28.1. The highest BCUT2D eigenvalue weighted by Crippen LogP contribution is 2.40. The first-order valence-electron chi connectivity index (χ1n) is 9.91. The van der Waals surface area contributed by atoms with Crippen LogP contribution >= 0.6 is 11.6 Å². The first kappa shape index (κ1) is 19.4. The second-order valence-electron chi connectivity index (χ2n) is 7.46. The monoisotopic (exact) mass is 431 g/mol. The number of benzene rings is 3. The maximum atomic E-state index is 12.8. The maximum Gasteiger partial charge on any atom is 0.312 e. The second kappa shape index (κ2) is 7.93. The molecule has 6 heteroatoms. The number of hydrogen-bond acceptors (Lipinski definition) is 4. The number of carbonyl (C=O) groups excluding carboxylic acids is 1. The van der Waals surface area contributed by atoms with Crippen LogP contribution in [0.15, 0.2) is 77.6 Å². The van der Waals surface area contributed by atoms with Gasteiger partial charge in [0.1, 0.15) is 18.1 Å². The zero-order valence-electron chi connectivity index (χ0n) is 16.4. The molecule has 31 heavy (non-hydrogen) atoms. The van der Waals surface area contributed by atoms with E-state index in [2.05, 4.69) is 4.98 Å². The predicted octanol–water partition coefficient (Wildman–Crippen LogP) is 5.20. The molecule has 154 valence electrons. The van der Waals surface area contributed by atoms with E-state index < -0.39 is 0 Å². The Morgan fingerprint density at radius 3 is 2.61 bits per heavy atom. The summed E-state index contributed by atoms with van der Waals surface area (Å²) < 4.78 is 11.3. The molecule has 0 spiro atoms. The molecule has 0 saturated heterocycles. The molecule has 5 nitrogen and oxygen atoms in total. The Labute approximate surface area is 183 Å². The highest BCUT2D eigenvalue weighted by molar-refractivity contribution is 6.30. The lowest BCUT2D eigenvalue weighted by molar-refractivity contribution is -0.135. The topological polar surface area (TPSA) is 68.4 Å². The van der Waals surface area contributed by atoms with Gasteiger partial charge in [-0.3, -0.25) is 9.59 Å². The number of carbonyl (C=O) groups is 1. The fraction of sp³-hybridized carbons (Fsp3) is 0.120. The molecule has 0 unspecified atom stereocenters. The lowest BCUT2D eigenvalue weighted by atomic mass is 9.86.